The third-order valence-corrected chi connectivity index (χ3v) is 1.75. The average molecular weight is 140 g/mol. The molecule has 0 saturated carbocycles. The van der Waals surface area contributed by atoms with Gasteiger partial charge in [0.15, 0.2) is 12.1 Å². The van der Waals surface area contributed by atoms with E-state index in [1.807, 2.05) is 6.92 Å². The first-order valence-electron chi connectivity index (χ1n) is 3.26. The van der Waals surface area contributed by atoms with E-state index in [0.29, 0.717) is 6.61 Å². The molecule has 0 aromatic rings. The highest BCUT2D eigenvalue weighted by Gasteiger charge is 2.35. The lowest BCUT2D eigenvalue weighted by molar-refractivity contribution is -0.127. The van der Waals surface area contributed by atoms with E-state index in [1.54, 1.807) is 6.08 Å². The molecule has 10 heavy (non-hydrogen) atoms. The Morgan fingerprint density at radius 1 is 1.70 bits per heavy atom. The van der Waals surface area contributed by atoms with Gasteiger partial charge in [0.2, 0.25) is 0 Å². The minimum Gasteiger partial charge on any atom is -0.345 e. The molecule has 2 bridgehead atoms. The zero-order valence-corrected chi connectivity index (χ0v) is 5.66. The molecule has 0 radical (unpaired) electrons. The van der Waals surface area contributed by atoms with Gasteiger partial charge in [-0.15, -0.1) is 0 Å². The first-order chi connectivity index (χ1) is 4.77. The number of rotatable bonds is 0. The zero-order valence-electron chi connectivity index (χ0n) is 5.66. The summed E-state index contributed by atoms with van der Waals surface area (Å²) in [6.07, 6.45) is 1.03. The Morgan fingerprint density at radius 3 is 3.30 bits per heavy atom. The Balaban J connectivity index is 2.33. The molecule has 3 nitrogen and oxygen atoms in total. The molecule has 2 atom stereocenters. The normalized spacial score (nSPS) is 38.1. The van der Waals surface area contributed by atoms with E-state index in [9.17, 15) is 4.79 Å². The van der Waals surface area contributed by atoms with Gasteiger partial charge in [0.05, 0.1) is 6.61 Å². The summed E-state index contributed by atoms with van der Waals surface area (Å²) < 4.78 is 10.3. The molecular formula is C7H8O3. The van der Waals surface area contributed by atoms with E-state index in [2.05, 4.69) is 0 Å². The summed E-state index contributed by atoms with van der Waals surface area (Å²) in [6.45, 7) is 2.25. The predicted molar refractivity (Wildman–Crippen MR) is 33.4 cm³/mol. The van der Waals surface area contributed by atoms with Crippen LogP contribution >= 0.6 is 0 Å². The van der Waals surface area contributed by atoms with Gasteiger partial charge in [-0.05, 0) is 18.6 Å². The van der Waals surface area contributed by atoms with Gasteiger partial charge in [0.1, 0.15) is 6.10 Å². The van der Waals surface area contributed by atoms with Crippen molar-refractivity contribution in [3.63, 3.8) is 0 Å². The van der Waals surface area contributed by atoms with Crippen LogP contribution < -0.4 is 0 Å². The number of ketones is 1. The standard InChI is InChI=1S/C7H8O3/c1-4-2-5(8)6-3-9-7(4)10-6/h2,6-7H,3H2,1H3/t6-,7-/m1/s1. The van der Waals surface area contributed by atoms with Crippen molar-refractivity contribution in [2.24, 2.45) is 0 Å². The second-order valence-electron chi connectivity index (χ2n) is 2.58. The van der Waals surface area contributed by atoms with Crippen molar-refractivity contribution >= 4 is 5.78 Å². The van der Waals surface area contributed by atoms with Crippen LogP contribution in [0.1, 0.15) is 6.92 Å². The van der Waals surface area contributed by atoms with Crippen LogP contribution in [0.5, 0.6) is 0 Å². The van der Waals surface area contributed by atoms with Crippen LogP contribution in [0.3, 0.4) is 0 Å². The molecule has 2 aliphatic rings. The maximum absolute atomic E-state index is 11.0. The highest BCUT2D eigenvalue weighted by Crippen LogP contribution is 2.23. The van der Waals surface area contributed by atoms with Crippen molar-refractivity contribution in [1.82, 2.24) is 0 Å². The van der Waals surface area contributed by atoms with Gasteiger partial charge in [0, 0.05) is 0 Å². The number of hydrogen-bond donors (Lipinski definition) is 0. The van der Waals surface area contributed by atoms with Gasteiger partial charge in [0.25, 0.3) is 0 Å². The molecule has 0 spiro atoms. The highest BCUT2D eigenvalue weighted by molar-refractivity contribution is 5.95. The molecule has 3 heteroatoms. The summed E-state index contributed by atoms with van der Waals surface area (Å²) in [5.74, 6) is 0.0336. The van der Waals surface area contributed by atoms with Crippen molar-refractivity contribution in [2.45, 2.75) is 19.3 Å². The van der Waals surface area contributed by atoms with E-state index in [4.69, 9.17) is 9.47 Å². The van der Waals surface area contributed by atoms with Crippen LogP contribution in [-0.4, -0.2) is 24.8 Å². The second-order valence-corrected chi connectivity index (χ2v) is 2.58. The molecule has 1 fully saturated rings. The molecule has 0 N–H and O–H groups in total. The summed E-state index contributed by atoms with van der Waals surface area (Å²) in [5, 5.41) is 0. The minimum absolute atomic E-state index is 0.0336. The molecule has 1 saturated heterocycles. The number of ether oxygens (including phenoxy) is 2. The number of carbonyl (C=O) groups excluding carboxylic acids is 1. The van der Waals surface area contributed by atoms with E-state index in [0.717, 1.165) is 5.57 Å². The Kier molecular flexibility index (Phi) is 1.16. The quantitative estimate of drug-likeness (QED) is 0.484. The van der Waals surface area contributed by atoms with Crippen molar-refractivity contribution in [3.8, 4) is 0 Å². The Labute approximate surface area is 58.6 Å². The second kappa shape index (κ2) is 1.90. The Hall–Kier alpha value is -0.670. The van der Waals surface area contributed by atoms with Crippen LogP contribution in [-0.2, 0) is 14.3 Å². The fraction of sp³-hybridized carbons (Fsp3) is 0.571. The van der Waals surface area contributed by atoms with Gasteiger partial charge in [-0.3, -0.25) is 4.79 Å². The van der Waals surface area contributed by atoms with E-state index in [1.165, 1.54) is 0 Å². The smallest absolute Gasteiger partial charge is 0.187 e. The fourth-order valence-corrected chi connectivity index (χ4v) is 1.18. The zero-order chi connectivity index (χ0) is 7.14. The van der Waals surface area contributed by atoms with Crippen molar-refractivity contribution in [1.29, 1.82) is 0 Å². The van der Waals surface area contributed by atoms with Gasteiger partial charge < -0.3 is 9.47 Å². The summed E-state index contributed by atoms with van der Waals surface area (Å²) in [7, 11) is 0. The molecule has 2 rings (SSSR count). The molecule has 0 unspecified atom stereocenters. The van der Waals surface area contributed by atoms with Gasteiger partial charge in [-0.1, -0.05) is 0 Å². The van der Waals surface area contributed by atoms with Crippen LogP contribution in [0.2, 0.25) is 0 Å². The van der Waals surface area contributed by atoms with Crippen molar-refractivity contribution in [2.75, 3.05) is 6.61 Å². The van der Waals surface area contributed by atoms with Gasteiger partial charge >= 0.3 is 0 Å². The molecule has 2 aliphatic heterocycles. The highest BCUT2D eigenvalue weighted by atomic mass is 16.7. The van der Waals surface area contributed by atoms with Crippen LogP contribution in [0.4, 0.5) is 0 Å². The maximum Gasteiger partial charge on any atom is 0.187 e. The minimum atomic E-state index is -0.325. The summed E-state index contributed by atoms with van der Waals surface area (Å²) in [6, 6.07) is 0. The summed E-state index contributed by atoms with van der Waals surface area (Å²) in [5.41, 5.74) is 0.874. The topological polar surface area (TPSA) is 35.5 Å². The lowest BCUT2D eigenvalue weighted by atomic mass is 10.1. The van der Waals surface area contributed by atoms with E-state index in [-0.39, 0.29) is 18.2 Å². The van der Waals surface area contributed by atoms with Crippen LogP contribution in [0, 0.1) is 0 Å². The Morgan fingerprint density at radius 2 is 2.50 bits per heavy atom. The van der Waals surface area contributed by atoms with Crippen molar-refractivity contribution in [3.05, 3.63) is 11.6 Å². The van der Waals surface area contributed by atoms with E-state index >= 15 is 0 Å². The maximum atomic E-state index is 11.0. The molecule has 0 aromatic heterocycles. The fourth-order valence-electron chi connectivity index (χ4n) is 1.18. The summed E-state index contributed by atoms with van der Waals surface area (Å²) >= 11 is 0. The molecule has 0 amide bonds. The number of hydrogen-bond acceptors (Lipinski definition) is 3. The third kappa shape index (κ3) is 0.711. The average Bonchev–Trinajstić information content (AvgIpc) is 2.28. The molecule has 2 heterocycles. The SMILES string of the molecule is CC1=CC(=O)[C@H]2CO[C@@H]1O2. The molecule has 54 valence electrons. The van der Waals surface area contributed by atoms with Crippen LogP contribution in [0.25, 0.3) is 0 Å². The lowest BCUT2D eigenvalue weighted by Gasteiger charge is -2.14. The molecular weight excluding hydrogens is 132 g/mol. The lowest BCUT2D eigenvalue weighted by Crippen LogP contribution is -2.26. The number of fused-ring (bicyclic) bond motifs is 2. The number of carbonyl (C=O) groups is 1. The summed E-state index contributed by atoms with van der Waals surface area (Å²) in [4.78, 5) is 11.0. The van der Waals surface area contributed by atoms with Crippen molar-refractivity contribution < 1.29 is 14.3 Å². The van der Waals surface area contributed by atoms with E-state index < -0.39 is 0 Å². The monoisotopic (exact) mass is 140 g/mol. The first kappa shape index (κ1) is 6.07. The largest absolute Gasteiger partial charge is 0.345 e. The first-order valence-corrected chi connectivity index (χ1v) is 3.26. The predicted octanol–water partition coefficient (Wildman–Crippen LogP) is 0.257. The molecule has 0 aliphatic carbocycles. The van der Waals surface area contributed by atoms with Gasteiger partial charge in [-0.25, -0.2) is 0 Å². The van der Waals surface area contributed by atoms with Gasteiger partial charge in [-0.2, -0.15) is 0 Å². The Bertz CT molecular complexity index is 207. The molecule has 0 aromatic carbocycles. The van der Waals surface area contributed by atoms with Crippen LogP contribution in [0.15, 0.2) is 11.6 Å². The third-order valence-electron chi connectivity index (χ3n) is 1.75.